The topological polar surface area (TPSA) is 40.5 Å². The smallest absolute Gasteiger partial charge is 0.254 e. The third-order valence-electron chi connectivity index (χ3n) is 4.13. The summed E-state index contributed by atoms with van der Waals surface area (Å²) in [6, 6.07) is 15.2. The number of aliphatic hydroxyl groups is 1. The molecule has 2 atom stereocenters. The fourth-order valence-electron chi connectivity index (χ4n) is 2.98. The number of carbonyl (C=O) groups excluding carboxylic acids is 1. The van der Waals surface area contributed by atoms with Gasteiger partial charge in [-0.05, 0) is 36.6 Å². The molecule has 0 aromatic heterocycles. The first-order valence-corrected chi connectivity index (χ1v) is 7.43. The van der Waals surface area contributed by atoms with Crippen molar-refractivity contribution in [1.82, 2.24) is 4.90 Å². The van der Waals surface area contributed by atoms with E-state index in [1.54, 1.807) is 11.0 Å². The molecule has 1 amide bonds. The highest BCUT2D eigenvalue weighted by Gasteiger charge is 2.36. The summed E-state index contributed by atoms with van der Waals surface area (Å²) in [7, 11) is 0. The van der Waals surface area contributed by atoms with Crippen LogP contribution in [0, 0.1) is 5.82 Å². The SMILES string of the molecule is O=C(c1cccc(F)c1)N1CC[C@@H](O)[C@@H]1Cc1ccccc1. The molecule has 1 N–H and O–H groups in total. The summed E-state index contributed by atoms with van der Waals surface area (Å²) in [5.74, 6) is -0.651. The Morgan fingerprint density at radius 3 is 2.68 bits per heavy atom. The molecule has 0 aliphatic carbocycles. The molecule has 3 rings (SSSR count). The van der Waals surface area contributed by atoms with Gasteiger partial charge in [0.25, 0.3) is 5.91 Å². The highest BCUT2D eigenvalue weighted by Crippen LogP contribution is 2.24. The number of carbonyl (C=O) groups is 1. The van der Waals surface area contributed by atoms with Crippen molar-refractivity contribution < 1.29 is 14.3 Å². The van der Waals surface area contributed by atoms with E-state index in [1.807, 2.05) is 30.3 Å². The van der Waals surface area contributed by atoms with E-state index < -0.39 is 11.9 Å². The Bertz CT molecular complexity index is 659. The van der Waals surface area contributed by atoms with Gasteiger partial charge in [-0.15, -0.1) is 0 Å². The number of aliphatic hydroxyl groups excluding tert-OH is 1. The van der Waals surface area contributed by atoms with E-state index in [0.717, 1.165) is 5.56 Å². The first-order chi connectivity index (χ1) is 10.6. The monoisotopic (exact) mass is 299 g/mol. The van der Waals surface area contributed by atoms with Gasteiger partial charge in [0.2, 0.25) is 0 Å². The number of hydrogen-bond acceptors (Lipinski definition) is 2. The van der Waals surface area contributed by atoms with Gasteiger partial charge >= 0.3 is 0 Å². The number of benzene rings is 2. The maximum atomic E-state index is 13.3. The lowest BCUT2D eigenvalue weighted by atomic mass is 10.0. The molecule has 0 bridgehead atoms. The van der Waals surface area contributed by atoms with Crippen LogP contribution in [0.2, 0.25) is 0 Å². The molecule has 0 unspecified atom stereocenters. The van der Waals surface area contributed by atoms with Gasteiger partial charge in [-0.25, -0.2) is 4.39 Å². The van der Waals surface area contributed by atoms with Crippen molar-refractivity contribution in [3.63, 3.8) is 0 Å². The minimum Gasteiger partial charge on any atom is -0.391 e. The zero-order valence-electron chi connectivity index (χ0n) is 12.2. The fourth-order valence-corrected chi connectivity index (χ4v) is 2.98. The van der Waals surface area contributed by atoms with Gasteiger partial charge in [0, 0.05) is 12.1 Å². The third-order valence-corrected chi connectivity index (χ3v) is 4.13. The van der Waals surface area contributed by atoms with Crippen molar-refractivity contribution >= 4 is 5.91 Å². The summed E-state index contributed by atoms with van der Waals surface area (Å²) < 4.78 is 13.3. The van der Waals surface area contributed by atoms with Crippen molar-refractivity contribution in [3.05, 3.63) is 71.5 Å². The molecule has 22 heavy (non-hydrogen) atoms. The van der Waals surface area contributed by atoms with Gasteiger partial charge in [0.05, 0.1) is 12.1 Å². The van der Waals surface area contributed by atoms with Crippen LogP contribution >= 0.6 is 0 Å². The first kappa shape index (κ1) is 14.7. The minimum atomic E-state index is -0.544. The lowest BCUT2D eigenvalue weighted by Crippen LogP contribution is -2.41. The highest BCUT2D eigenvalue weighted by atomic mass is 19.1. The molecule has 2 aromatic carbocycles. The van der Waals surface area contributed by atoms with Gasteiger partial charge in [0.15, 0.2) is 0 Å². The molecule has 3 nitrogen and oxygen atoms in total. The lowest BCUT2D eigenvalue weighted by Gasteiger charge is -2.26. The average molecular weight is 299 g/mol. The summed E-state index contributed by atoms with van der Waals surface area (Å²) in [5, 5.41) is 10.2. The van der Waals surface area contributed by atoms with Crippen molar-refractivity contribution in [3.8, 4) is 0 Å². The predicted octanol–water partition coefficient (Wildman–Crippen LogP) is 2.64. The number of rotatable bonds is 3. The Balaban J connectivity index is 1.81. The van der Waals surface area contributed by atoms with Gasteiger partial charge in [-0.2, -0.15) is 0 Å². The maximum absolute atomic E-state index is 13.3. The van der Waals surface area contributed by atoms with E-state index in [4.69, 9.17) is 0 Å². The molecular formula is C18H18FNO2. The number of hydrogen-bond donors (Lipinski definition) is 1. The largest absolute Gasteiger partial charge is 0.391 e. The fraction of sp³-hybridized carbons (Fsp3) is 0.278. The molecule has 0 spiro atoms. The molecule has 114 valence electrons. The van der Waals surface area contributed by atoms with Crippen LogP contribution in [0.5, 0.6) is 0 Å². The van der Waals surface area contributed by atoms with Crippen LogP contribution in [0.4, 0.5) is 4.39 Å². The van der Waals surface area contributed by atoms with Crippen LogP contribution < -0.4 is 0 Å². The normalized spacial score (nSPS) is 21.1. The second kappa shape index (κ2) is 6.28. The molecular weight excluding hydrogens is 281 g/mol. The summed E-state index contributed by atoms with van der Waals surface area (Å²) in [6.07, 6.45) is 0.611. The van der Waals surface area contributed by atoms with Crippen LogP contribution in [-0.2, 0) is 6.42 Å². The zero-order valence-corrected chi connectivity index (χ0v) is 12.2. The molecule has 1 heterocycles. The Morgan fingerprint density at radius 2 is 1.95 bits per heavy atom. The van der Waals surface area contributed by atoms with E-state index in [1.165, 1.54) is 18.2 Å². The summed E-state index contributed by atoms with van der Waals surface area (Å²) >= 11 is 0. The lowest BCUT2D eigenvalue weighted by molar-refractivity contribution is 0.0639. The molecule has 1 fully saturated rings. The predicted molar refractivity (Wildman–Crippen MR) is 82.0 cm³/mol. The zero-order chi connectivity index (χ0) is 15.5. The summed E-state index contributed by atoms with van der Waals surface area (Å²) in [5.41, 5.74) is 1.40. The van der Waals surface area contributed by atoms with Gasteiger partial charge in [-0.1, -0.05) is 36.4 Å². The first-order valence-electron chi connectivity index (χ1n) is 7.43. The van der Waals surface area contributed by atoms with Crippen molar-refractivity contribution in [2.24, 2.45) is 0 Å². The second-order valence-corrected chi connectivity index (χ2v) is 5.62. The Kier molecular flexibility index (Phi) is 4.20. The second-order valence-electron chi connectivity index (χ2n) is 5.62. The van der Waals surface area contributed by atoms with Crippen LogP contribution in [-0.4, -0.2) is 34.6 Å². The summed E-state index contributed by atoms with van der Waals surface area (Å²) in [6.45, 7) is 0.494. The van der Waals surface area contributed by atoms with E-state index in [-0.39, 0.29) is 11.9 Å². The molecule has 0 radical (unpaired) electrons. The number of amides is 1. The quantitative estimate of drug-likeness (QED) is 0.946. The number of nitrogens with zero attached hydrogens (tertiary/aromatic N) is 1. The molecule has 1 saturated heterocycles. The molecule has 4 heteroatoms. The number of likely N-dealkylation sites (tertiary alicyclic amines) is 1. The minimum absolute atomic E-state index is 0.225. The van der Waals surface area contributed by atoms with Crippen LogP contribution in [0.3, 0.4) is 0 Å². The molecule has 2 aromatic rings. The molecule has 1 aliphatic rings. The van der Waals surface area contributed by atoms with Crippen molar-refractivity contribution in [2.45, 2.75) is 25.0 Å². The Morgan fingerprint density at radius 1 is 1.18 bits per heavy atom. The number of halogens is 1. The van der Waals surface area contributed by atoms with Crippen LogP contribution in [0.15, 0.2) is 54.6 Å². The van der Waals surface area contributed by atoms with Gasteiger partial charge in [-0.3, -0.25) is 4.79 Å². The van der Waals surface area contributed by atoms with Crippen molar-refractivity contribution in [2.75, 3.05) is 6.54 Å². The summed E-state index contributed by atoms with van der Waals surface area (Å²) in [4.78, 5) is 14.3. The van der Waals surface area contributed by atoms with E-state index in [0.29, 0.717) is 24.9 Å². The van der Waals surface area contributed by atoms with E-state index in [2.05, 4.69) is 0 Å². The highest BCUT2D eigenvalue weighted by molar-refractivity contribution is 5.94. The van der Waals surface area contributed by atoms with Gasteiger partial charge < -0.3 is 10.0 Å². The van der Waals surface area contributed by atoms with Crippen LogP contribution in [0.25, 0.3) is 0 Å². The Labute approximate surface area is 129 Å². The van der Waals surface area contributed by atoms with Crippen molar-refractivity contribution in [1.29, 1.82) is 0 Å². The maximum Gasteiger partial charge on any atom is 0.254 e. The van der Waals surface area contributed by atoms with Crippen LogP contribution in [0.1, 0.15) is 22.3 Å². The van der Waals surface area contributed by atoms with E-state index >= 15 is 0 Å². The van der Waals surface area contributed by atoms with E-state index in [9.17, 15) is 14.3 Å². The molecule has 0 saturated carbocycles. The Hall–Kier alpha value is -2.20. The average Bonchev–Trinajstić information content (AvgIpc) is 2.89. The van der Waals surface area contributed by atoms with Gasteiger partial charge in [0.1, 0.15) is 5.82 Å². The molecule has 1 aliphatic heterocycles. The standard InChI is InChI=1S/C18H18FNO2/c19-15-8-4-7-14(12-15)18(22)20-10-9-17(21)16(20)11-13-5-2-1-3-6-13/h1-8,12,16-17,21H,9-11H2/t16-,17+/m0/s1. The third kappa shape index (κ3) is 3.02.